The molecule has 1 rings (SSSR count). The van der Waals surface area contributed by atoms with Crippen molar-refractivity contribution in [3.8, 4) is 0 Å². The second-order valence-corrected chi connectivity index (χ2v) is 6.84. The van der Waals surface area contributed by atoms with Crippen molar-refractivity contribution in [3.63, 3.8) is 0 Å². The van der Waals surface area contributed by atoms with Crippen LogP contribution in [0.25, 0.3) is 0 Å². The van der Waals surface area contributed by atoms with Gasteiger partial charge in [-0.05, 0) is 23.0 Å². The summed E-state index contributed by atoms with van der Waals surface area (Å²) in [5, 5.41) is 0. The third kappa shape index (κ3) is 6.90. The summed E-state index contributed by atoms with van der Waals surface area (Å²) in [7, 11) is 0. The van der Waals surface area contributed by atoms with E-state index in [1.807, 2.05) is 0 Å². The van der Waals surface area contributed by atoms with Crippen LogP contribution in [-0.2, 0) is 11.8 Å². The molecule has 0 fully saturated rings. The van der Waals surface area contributed by atoms with Crippen molar-refractivity contribution in [1.29, 1.82) is 0 Å². The number of aliphatic imine (C=N–C) groups is 1. The van der Waals surface area contributed by atoms with Gasteiger partial charge in [-0.25, -0.2) is 0 Å². The molecule has 0 heterocycles. The Morgan fingerprint density at radius 1 is 1.05 bits per heavy atom. The van der Waals surface area contributed by atoms with Gasteiger partial charge < -0.3 is 5.73 Å². The fourth-order valence-electron chi connectivity index (χ4n) is 2.33. The molecule has 1 aromatic carbocycles. The number of hydrogen-bond donors (Lipinski definition) is 1. The lowest BCUT2D eigenvalue weighted by atomic mass is 9.86. The van der Waals surface area contributed by atoms with Gasteiger partial charge in [0, 0.05) is 25.2 Å². The van der Waals surface area contributed by atoms with Gasteiger partial charge in [0.15, 0.2) is 0 Å². The van der Waals surface area contributed by atoms with Crippen molar-refractivity contribution in [2.75, 3.05) is 13.1 Å². The second kappa shape index (κ2) is 8.99. The van der Waals surface area contributed by atoms with E-state index < -0.39 is 0 Å². The molecule has 0 aromatic heterocycles. The summed E-state index contributed by atoms with van der Waals surface area (Å²) in [5.41, 5.74) is 9.84. The molecule has 118 valence electrons. The highest BCUT2D eigenvalue weighted by atomic mass is 14.8. The largest absolute Gasteiger partial charge is 0.325 e. The molecule has 0 aliphatic rings. The Hall–Kier alpha value is -1.15. The average molecular weight is 288 g/mol. The highest BCUT2D eigenvalue weighted by Crippen LogP contribution is 2.22. The number of nitrogens with two attached hydrogens (primary N) is 1. The minimum Gasteiger partial charge on any atom is -0.325 e. The highest BCUT2D eigenvalue weighted by molar-refractivity contribution is 5.88. The van der Waals surface area contributed by atoms with Crippen molar-refractivity contribution in [1.82, 2.24) is 0 Å². The third-order valence-electron chi connectivity index (χ3n) is 3.81. The maximum Gasteiger partial charge on any atom is 0.0389 e. The van der Waals surface area contributed by atoms with Crippen molar-refractivity contribution in [3.05, 3.63) is 35.4 Å². The SMILES string of the molecule is CCCCCCN=C(CN)Cc1ccc(C(C)(C)C)cc1. The molecule has 0 aliphatic heterocycles. The Bertz CT molecular complexity index is 424. The molecule has 0 amide bonds. The monoisotopic (exact) mass is 288 g/mol. The van der Waals surface area contributed by atoms with E-state index in [9.17, 15) is 0 Å². The van der Waals surface area contributed by atoms with Crippen LogP contribution in [-0.4, -0.2) is 18.8 Å². The van der Waals surface area contributed by atoms with Gasteiger partial charge in [0.05, 0.1) is 0 Å². The maximum absolute atomic E-state index is 5.83. The topological polar surface area (TPSA) is 38.4 Å². The Balaban J connectivity index is 2.55. The summed E-state index contributed by atoms with van der Waals surface area (Å²) in [5.74, 6) is 0. The Morgan fingerprint density at radius 2 is 1.71 bits per heavy atom. The standard InChI is InChI=1S/C19H32N2/c1-5-6-7-8-13-21-18(15-20)14-16-9-11-17(12-10-16)19(2,3)4/h9-12H,5-8,13-15,20H2,1-4H3. The molecule has 0 spiro atoms. The van der Waals surface area contributed by atoms with Gasteiger partial charge in [0.1, 0.15) is 0 Å². The third-order valence-corrected chi connectivity index (χ3v) is 3.81. The lowest BCUT2D eigenvalue weighted by Crippen LogP contribution is -2.17. The molecule has 2 N–H and O–H groups in total. The average Bonchev–Trinajstić information content (AvgIpc) is 2.45. The lowest BCUT2D eigenvalue weighted by Gasteiger charge is -2.19. The number of rotatable bonds is 8. The van der Waals surface area contributed by atoms with Gasteiger partial charge >= 0.3 is 0 Å². The normalized spacial score (nSPS) is 12.7. The molecule has 0 saturated carbocycles. The summed E-state index contributed by atoms with van der Waals surface area (Å²) in [4.78, 5) is 4.67. The smallest absolute Gasteiger partial charge is 0.0389 e. The molecule has 2 heteroatoms. The number of benzene rings is 1. The number of hydrogen-bond acceptors (Lipinski definition) is 2. The van der Waals surface area contributed by atoms with Gasteiger partial charge in [-0.1, -0.05) is 71.2 Å². The van der Waals surface area contributed by atoms with E-state index in [0.29, 0.717) is 6.54 Å². The fourth-order valence-corrected chi connectivity index (χ4v) is 2.33. The quantitative estimate of drug-likeness (QED) is 0.555. The second-order valence-electron chi connectivity index (χ2n) is 6.84. The zero-order chi connectivity index (χ0) is 15.7. The molecule has 0 radical (unpaired) electrons. The van der Waals surface area contributed by atoms with E-state index in [4.69, 9.17) is 5.73 Å². The van der Waals surface area contributed by atoms with Crippen LogP contribution in [0.2, 0.25) is 0 Å². The molecule has 0 aliphatic carbocycles. The lowest BCUT2D eigenvalue weighted by molar-refractivity contribution is 0.590. The van der Waals surface area contributed by atoms with Crippen molar-refractivity contribution >= 4 is 5.71 Å². The van der Waals surface area contributed by atoms with E-state index >= 15 is 0 Å². The maximum atomic E-state index is 5.83. The van der Waals surface area contributed by atoms with Crippen LogP contribution >= 0.6 is 0 Å². The molecule has 0 saturated heterocycles. The highest BCUT2D eigenvalue weighted by Gasteiger charge is 2.12. The Kier molecular flexibility index (Phi) is 7.66. The van der Waals surface area contributed by atoms with Gasteiger partial charge in [-0.3, -0.25) is 4.99 Å². The van der Waals surface area contributed by atoms with E-state index in [1.165, 1.54) is 36.8 Å². The molecular weight excluding hydrogens is 256 g/mol. The predicted molar refractivity (Wildman–Crippen MR) is 94.3 cm³/mol. The minimum atomic E-state index is 0.211. The van der Waals surface area contributed by atoms with E-state index in [1.54, 1.807) is 0 Å². The zero-order valence-corrected chi connectivity index (χ0v) is 14.3. The first-order chi connectivity index (χ1) is 9.97. The molecule has 1 aromatic rings. The van der Waals surface area contributed by atoms with E-state index in [-0.39, 0.29) is 5.41 Å². The van der Waals surface area contributed by atoms with Crippen molar-refractivity contribution < 1.29 is 0 Å². The fraction of sp³-hybridized carbons (Fsp3) is 0.632. The van der Waals surface area contributed by atoms with Gasteiger partial charge in [-0.2, -0.15) is 0 Å². The molecule has 0 unspecified atom stereocenters. The molecular formula is C19H32N2. The van der Waals surface area contributed by atoms with Gasteiger partial charge in [0.2, 0.25) is 0 Å². The first-order valence-electron chi connectivity index (χ1n) is 8.29. The molecule has 0 bridgehead atoms. The molecule has 21 heavy (non-hydrogen) atoms. The number of unbranched alkanes of at least 4 members (excludes halogenated alkanes) is 3. The molecule has 0 atom stereocenters. The van der Waals surface area contributed by atoms with Crippen LogP contribution in [0.3, 0.4) is 0 Å². The first-order valence-corrected chi connectivity index (χ1v) is 8.29. The van der Waals surface area contributed by atoms with Crippen LogP contribution in [0, 0.1) is 0 Å². The van der Waals surface area contributed by atoms with Crippen LogP contribution in [0.15, 0.2) is 29.3 Å². The van der Waals surface area contributed by atoms with E-state index in [2.05, 4.69) is 57.0 Å². The van der Waals surface area contributed by atoms with Crippen molar-refractivity contribution in [2.24, 2.45) is 10.7 Å². The minimum absolute atomic E-state index is 0.211. The van der Waals surface area contributed by atoms with Crippen LogP contribution in [0.4, 0.5) is 0 Å². The summed E-state index contributed by atoms with van der Waals surface area (Å²) in [6.07, 6.45) is 5.92. The number of nitrogens with zero attached hydrogens (tertiary/aromatic N) is 1. The van der Waals surface area contributed by atoms with Gasteiger partial charge in [-0.15, -0.1) is 0 Å². The summed E-state index contributed by atoms with van der Waals surface area (Å²) >= 11 is 0. The van der Waals surface area contributed by atoms with Gasteiger partial charge in [0.25, 0.3) is 0 Å². The summed E-state index contributed by atoms with van der Waals surface area (Å²) in [6, 6.07) is 8.88. The van der Waals surface area contributed by atoms with Crippen LogP contribution < -0.4 is 5.73 Å². The predicted octanol–water partition coefficient (Wildman–Crippen LogP) is 4.51. The summed E-state index contributed by atoms with van der Waals surface area (Å²) in [6.45, 7) is 10.4. The zero-order valence-electron chi connectivity index (χ0n) is 14.3. The molecule has 2 nitrogen and oxygen atoms in total. The Labute approximate surface area is 130 Å². The van der Waals surface area contributed by atoms with Crippen molar-refractivity contribution in [2.45, 2.75) is 65.2 Å². The van der Waals surface area contributed by atoms with Crippen LogP contribution in [0.1, 0.15) is 64.5 Å². The first kappa shape index (κ1) is 17.9. The van der Waals surface area contributed by atoms with E-state index in [0.717, 1.165) is 18.7 Å². The Morgan fingerprint density at radius 3 is 2.24 bits per heavy atom. The summed E-state index contributed by atoms with van der Waals surface area (Å²) < 4.78 is 0. The van der Waals surface area contributed by atoms with Crippen LogP contribution in [0.5, 0.6) is 0 Å².